The van der Waals surface area contributed by atoms with Crippen molar-refractivity contribution in [3.05, 3.63) is 69.9 Å². The lowest BCUT2D eigenvalue weighted by Crippen LogP contribution is -2.60. The van der Waals surface area contributed by atoms with Gasteiger partial charge in [-0.05, 0) is 42.5 Å². The number of phenolic OH excluding ortho intramolecular Hbond substituents is 1. The maximum absolute atomic E-state index is 13.8. The molecule has 0 unspecified atom stereocenters. The van der Waals surface area contributed by atoms with Crippen LogP contribution < -0.4 is 16.4 Å². The number of hydrogen-bond acceptors (Lipinski definition) is 7. The number of primary amides is 1. The van der Waals surface area contributed by atoms with Gasteiger partial charge in [0.25, 0.3) is 0 Å². The molecule has 13 nitrogen and oxygen atoms in total. The van der Waals surface area contributed by atoms with Gasteiger partial charge in [0.15, 0.2) is 5.75 Å². The molecule has 3 aromatic rings. The highest BCUT2D eigenvalue weighted by molar-refractivity contribution is 6.27. The number of aromatic hydroxyl groups is 1. The largest absolute Gasteiger partial charge is 0.502 e. The molecule has 0 saturated carbocycles. The molecular weight excluding hydrogens is 568 g/mol. The number of aromatic amines is 1. The van der Waals surface area contributed by atoms with E-state index in [9.17, 15) is 34.4 Å². The van der Waals surface area contributed by atoms with Gasteiger partial charge in [-0.25, -0.2) is 0 Å². The van der Waals surface area contributed by atoms with Crippen LogP contribution >= 0.6 is 11.6 Å². The molecule has 1 aliphatic rings. The van der Waals surface area contributed by atoms with Crippen LogP contribution in [0.25, 0.3) is 10.9 Å². The van der Waals surface area contributed by atoms with Crippen molar-refractivity contribution in [2.75, 3.05) is 12.4 Å². The van der Waals surface area contributed by atoms with Gasteiger partial charge in [0.2, 0.25) is 23.6 Å². The number of nitrogens with two attached hydrogens (primary N) is 1. The van der Waals surface area contributed by atoms with Crippen molar-refractivity contribution in [2.24, 2.45) is 5.73 Å². The molecule has 222 valence electrons. The number of fused-ring (bicyclic) bond motifs is 1. The molecule has 1 saturated heterocycles. The van der Waals surface area contributed by atoms with Crippen LogP contribution in [0.3, 0.4) is 0 Å². The van der Waals surface area contributed by atoms with E-state index in [-0.39, 0.29) is 19.4 Å². The lowest BCUT2D eigenvalue weighted by molar-refractivity contribution is -0.385. The summed E-state index contributed by atoms with van der Waals surface area (Å²) in [5.74, 6) is -3.50. The number of hydrogen-bond donors (Lipinski definition) is 5. The number of rotatable bonds is 11. The molecule has 2 aromatic carbocycles. The summed E-state index contributed by atoms with van der Waals surface area (Å²) in [5, 5.41) is 27.2. The second-order valence-corrected chi connectivity index (χ2v) is 10.4. The molecule has 3 atom stereocenters. The highest BCUT2D eigenvalue weighted by Crippen LogP contribution is 2.27. The van der Waals surface area contributed by atoms with E-state index in [4.69, 9.17) is 17.3 Å². The third kappa shape index (κ3) is 6.97. The van der Waals surface area contributed by atoms with Crippen LogP contribution in [0.5, 0.6) is 5.75 Å². The molecule has 1 fully saturated rings. The minimum atomic E-state index is -1.20. The fourth-order valence-corrected chi connectivity index (χ4v) is 5.27. The highest BCUT2D eigenvalue weighted by atomic mass is 35.5. The lowest BCUT2D eigenvalue weighted by atomic mass is 9.97. The zero-order chi connectivity index (χ0) is 30.4. The number of phenols is 1. The minimum absolute atomic E-state index is 0.139. The molecule has 6 N–H and O–H groups in total. The van der Waals surface area contributed by atoms with Gasteiger partial charge in [-0.3, -0.25) is 29.3 Å². The Bertz CT molecular complexity index is 1510. The van der Waals surface area contributed by atoms with Crippen LogP contribution in [0.4, 0.5) is 5.69 Å². The Balaban J connectivity index is 1.54. The predicted octanol–water partition coefficient (Wildman–Crippen LogP) is 1.64. The van der Waals surface area contributed by atoms with E-state index in [1.807, 2.05) is 24.3 Å². The molecule has 2 heterocycles. The number of alkyl halides is 1. The molecule has 4 rings (SSSR count). The molecule has 14 heteroatoms. The summed E-state index contributed by atoms with van der Waals surface area (Å²) in [5.41, 5.74) is 7.06. The second kappa shape index (κ2) is 13.3. The summed E-state index contributed by atoms with van der Waals surface area (Å²) < 4.78 is 0. The number of nitro groups is 1. The molecular formula is C28H31ClN6O7. The van der Waals surface area contributed by atoms with Gasteiger partial charge in [0, 0.05) is 42.6 Å². The number of H-pyrrole nitrogens is 1. The number of carbonyl (C=O) groups is 4. The number of nitrogens with one attached hydrogen (secondary N) is 3. The Labute approximate surface area is 245 Å². The van der Waals surface area contributed by atoms with Gasteiger partial charge < -0.3 is 31.4 Å². The Morgan fingerprint density at radius 2 is 1.88 bits per heavy atom. The summed E-state index contributed by atoms with van der Waals surface area (Å²) in [6, 6.07) is 7.97. The number of amides is 4. The fraction of sp³-hybridized carbons (Fsp3) is 0.357. The summed E-state index contributed by atoms with van der Waals surface area (Å²) in [4.78, 5) is 66.9. The van der Waals surface area contributed by atoms with Gasteiger partial charge in [-0.15, -0.1) is 11.6 Å². The van der Waals surface area contributed by atoms with Crippen molar-refractivity contribution >= 4 is 51.8 Å². The summed E-state index contributed by atoms with van der Waals surface area (Å²) in [7, 11) is 0. The standard InChI is InChI=1S/C28H31ClN6O7/c29-14-25(37)32-21(11-16-8-9-24(36)23(12-16)35(41)42)28(40)34-10-4-3-7-22(34)27(39)33-20(26(30)38)13-17-15-31-19-6-2-1-5-18(17)19/h1-2,5-6,8-9,12,15,20-22,31,36H,3-4,7,10-11,13-14H2,(H2,30,38)(H,32,37)(H,33,39)/t20-,21-,22-/m0/s1. The van der Waals surface area contributed by atoms with Gasteiger partial charge in [-0.1, -0.05) is 24.3 Å². The maximum atomic E-state index is 13.8. The molecule has 42 heavy (non-hydrogen) atoms. The summed E-state index contributed by atoms with van der Waals surface area (Å²) >= 11 is 5.67. The molecule has 4 amide bonds. The number of nitrogens with zero attached hydrogens (tertiary/aromatic N) is 2. The topological polar surface area (TPSA) is 201 Å². The monoisotopic (exact) mass is 598 g/mol. The van der Waals surface area contributed by atoms with Crippen molar-refractivity contribution in [3.63, 3.8) is 0 Å². The van der Waals surface area contributed by atoms with Crippen molar-refractivity contribution in [1.82, 2.24) is 20.5 Å². The number of halogens is 1. The van der Waals surface area contributed by atoms with Crippen molar-refractivity contribution in [1.29, 1.82) is 0 Å². The normalized spacial score (nSPS) is 16.4. The third-order valence-corrected chi connectivity index (χ3v) is 7.52. The molecule has 0 bridgehead atoms. The van der Waals surface area contributed by atoms with Crippen molar-refractivity contribution < 1.29 is 29.2 Å². The van der Waals surface area contributed by atoms with E-state index in [1.54, 1.807) is 6.20 Å². The zero-order valence-corrected chi connectivity index (χ0v) is 23.3. The van der Waals surface area contributed by atoms with Crippen molar-refractivity contribution in [3.8, 4) is 5.75 Å². The predicted molar refractivity (Wildman–Crippen MR) is 154 cm³/mol. The third-order valence-electron chi connectivity index (χ3n) is 7.28. The molecule has 1 aliphatic heterocycles. The first kappa shape index (κ1) is 30.3. The Hall–Kier alpha value is -4.65. The Kier molecular flexibility index (Phi) is 9.63. The first-order chi connectivity index (χ1) is 20.1. The van der Waals surface area contributed by atoms with E-state index in [0.29, 0.717) is 24.8 Å². The molecule has 0 radical (unpaired) electrons. The molecule has 0 spiro atoms. The maximum Gasteiger partial charge on any atom is 0.310 e. The average Bonchev–Trinajstić information content (AvgIpc) is 3.39. The lowest BCUT2D eigenvalue weighted by Gasteiger charge is -2.37. The first-order valence-corrected chi connectivity index (χ1v) is 13.9. The first-order valence-electron chi connectivity index (χ1n) is 13.4. The second-order valence-electron chi connectivity index (χ2n) is 10.1. The van der Waals surface area contributed by atoms with E-state index in [1.165, 1.54) is 11.0 Å². The quantitative estimate of drug-likeness (QED) is 0.125. The van der Waals surface area contributed by atoms with Gasteiger partial charge in [0.05, 0.1) is 4.92 Å². The summed E-state index contributed by atoms with van der Waals surface area (Å²) in [6.07, 6.45) is 3.30. The van der Waals surface area contributed by atoms with Crippen LogP contribution in [-0.2, 0) is 32.0 Å². The van der Waals surface area contributed by atoms with Gasteiger partial charge in [0.1, 0.15) is 24.0 Å². The van der Waals surface area contributed by atoms with E-state index >= 15 is 0 Å². The van der Waals surface area contributed by atoms with Crippen LogP contribution in [0.1, 0.15) is 30.4 Å². The van der Waals surface area contributed by atoms with E-state index in [0.717, 1.165) is 28.6 Å². The van der Waals surface area contributed by atoms with Gasteiger partial charge in [-0.2, -0.15) is 0 Å². The van der Waals surface area contributed by atoms with E-state index < -0.39 is 64.0 Å². The smallest absolute Gasteiger partial charge is 0.310 e. The number of benzene rings is 2. The molecule has 1 aromatic heterocycles. The van der Waals surface area contributed by atoms with Crippen molar-refractivity contribution in [2.45, 2.75) is 50.2 Å². The zero-order valence-electron chi connectivity index (χ0n) is 22.5. The molecule has 0 aliphatic carbocycles. The van der Waals surface area contributed by atoms with Crippen LogP contribution in [-0.4, -0.2) is 74.1 Å². The Morgan fingerprint density at radius 3 is 2.60 bits per heavy atom. The average molecular weight is 599 g/mol. The van der Waals surface area contributed by atoms with Crippen LogP contribution in [0.2, 0.25) is 0 Å². The number of carbonyl (C=O) groups excluding carboxylic acids is 4. The number of piperidine rings is 1. The highest BCUT2D eigenvalue weighted by Gasteiger charge is 2.37. The number of nitro benzene ring substituents is 1. The SMILES string of the molecule is NC(=O)[C@H](Cc1c[nH]c2ccccc12)NC(=O)[C@@H]1CCCCN1C(=O)[C@H](Cc1ccc(O)c([N+](=O)[O-])c1)NC(=O)CCl. The number of aromatic nitrogens is 1. The van der Waals surface area contributed by atoms with E-state index in [2.05, 4.69) is 15.6 Å². The Morgan fingerprint density at radius 1 is 1.12 bits per heavy atom. The minimum Gasteiger partial charge on any atom is -0.502 e. The van der Waals surface area contributed by atoms with Crippen LogP contribution in [0.15, 0.2) is 48.7 Å². The number of likely N-dealkylation sites (tertiary alicyclic amines) is 1. The number of para-hydroxylation sites is 1. The van der Waals surface area contributed by atoms with Gasteiger partial charge >= 0.3 is 5.69 Å². The fourth-order valence-electron chi connectivity index (χ4n) is 5.19. The summed E-state index contributed by atoms with van der Waals surface area (Å²) in [6.45, 7) is 0.212. The van der Waals surface area contributed by atoms with Crippen LogP contribution in [0, 0.1) is 10.1 Å².